The summed E-state index contributed by atoms with van der Waals surface area (Å²) in [6, 6.07) is 16.0. The predicted molar refractivity (Wildman–Crippen MR) is 103 cm³/mol. The van der Waals surface area contributed by atoms with E-state index in [0.29, 0.717) is 5.75 Å². The normalized spacial score (nSPS) is 10.2. The summed E-state index contributed by atoms with van der Waals surface area (Å²) in [4.78, 5) is 28.8. The summed E-state index contributed by atoms with van der Waals surface area (Å²) in [6.07, 6.45) is 1.36. The average Bonchev–Trinajstić information content (AvgIpc) is 2.74. The standard InChI is InChI=1S/C21H18FN3O3/c1-28-19-9-5-2-6-15(19)13-24-21(27)18-12-14(10-11-23-18)20(26)25-17-8-4-3-7-16(17)22/h2-12H,13H2,1H3,(H,24,27)(H,25,26). The van der Waals surface area contributed by atoms with Crippen LogP contribution in [0.1, 0.15) is 26.4 Å². The Hall–Kier alpha value is -3.74. The van der Waals surface area contributed by atoms with Crippen LogP contribution in [-0.4, -0.2) is 23.9 Å². The number of anilines is 1. The molecule has 0 spiro atoms. The highest BCUT2D eigenvalue weighted by molar-refractivity contribution is 6.05. The van der Waals surface area contributed by atoms with Crippen molar-refractivity contribution in [2.45, 2.75) is 6.54 Å². The number of amides is 2. The Bertz CT molecular complexity index is 1010. The summed E-state index contributed by atoms with van der Waals surface area (Å²) in [6.45, 7) is 0.246. The molecule has 0 unspecified atom stereocenters. The van der Waals surface area contributed by atoms with Gasteiger partial charge >= 0.3 is 0 Å². The molecule has 1 aromatic heterocycles. The zero-order valence-electron chi connectivity index (χ0n) is 15.1. The first kappa shape index (κ1) is 19.0. The van der Waals surface area contributed by atoms with Gasteiger partial charge in [0.25, 0.3) is 11.8 Å². The first-order valence-electron chi connectivity index (χ1n) is 8.50. The van der Waals surface area contributed by atoms with Crippen molar-refractivity contribution in [3.05, 3.63) is 89.5 Å². The lowest BCUT2D eigenvalue weighted by molar-refractivity contribution is 0.0945. The number of ether oxygens (including phenoxy) is 1. The minimum atomic E-state index is -0.542. The molecule has 0 saturated heterocycles. The Kier molecular flexibility index (Phi) is 5.96. The average molecular weight is 379 g/mol. The number of methoxy groups -OCH3 is 1. The van der Waals surface area contributed by atoms with Gasteiger partial charge in [0.1, 0.15) is 17.3 Å². The molecule has 0 bridgehead atoms. The molecule has 0 radical (unpaired) electrons. The molecule has 3 aromatic rings. The third-order valence-electron chi connectivity index (χ3n) is 4.01. The number of halogens is 1. The molecule has 28 heavy (non-hydrogen) atoms. The van der Waals surface area contributed by atoms with Crippen molar-refractivity contribution in [1.82, 2.24) is 10.3 Å². The first-order chi connectivity index (χ1) is 13.6. The smallest absolute Gasteiger partial charge is 0.270 e. The predicted octanol–water partition coefficient (Wildman–Crippen LogP) is 3.41. The highest BCUT2D eigenvalue weighted by Crippen LogP contribution is 2.17. The summed E-state index contributed by atoms with van der Waals surface area (Å²) in [5.41, 5.74) is 1.15. The summed E-state index contributed by atoms with van der Waals surface area (Å²) in [7, 11) is 1.56. The van der Waals surface area contributed by atoms with Crippen LogP contribution in [0.25, 0.3) is 0 Å². The lowest BCUT2D eigenvalue weighted by Gasteiger charge is -2.10. The van der Waals surface area contributed by atoms with Crippen molar-refractivity contribution in [1.29, 1.82) is 0 Å². The molecule has 0 aliphatic rings. The molecule has 142 valence electrons. The maximum Gasteiger partial charge on any atom is 0.270 e. The summed E-state index contributed by atoms with van der Waals surface area (Å²) in [5, 5.41) is 5.22. The highest BCUT2D eigenvalue weighted by atomic mass is 19.1. The molecular formula is C21H18FN3O3. The van der Waals surface area contributed by atoms with Gasteiger partial charge in [0.15, 0.2) is 0 Å². The molecule has 7 heteroatoms. The number of hydrogen-bond donors (Lipinski definition) is 2. The van der Waals surface area contributed by atoms with Crippen LogP contribution >= 0.6 is 0 Å². The zero-order chi connectivity index (χ0) is 19.9. The minimum Gasteiger partial charge on any atom is -0.496 e. The molecule has 0 aliphatic carbocycles. The van der Waals surface area contributed by atoms with Crippen molar-refractivity contribution < 1.29 is 18.7 Å². The maximum atomic E-state index is 13.7. The number of nitrogens with zero attached hydrogens (tertiary/aromatic N) is 1. The Balaban J connectivity index is 1.69. The highest BCUT2D eigenvalue weighted by Gasteiger charge is 2.14. The van der Waals surface area contributed by atoms with E-state index in [4.69, 9.17) is 4.74 Å². The molecule has 2 N–H and O–H groups in total. The molecule has 1 heterocycles. The fraction of sp³-hybridized carbons (Fsp3) is 0.0952. The van der Waals surface area contributed by atoms with Gasteiger partial charge in [-0.15, -0.1) is 0 Å². The topological polar surface area (TPSA) is 80.3 Å². The minimum absolute atomic E-state index is 0.0616. The van der Waals surface area contributed by atoms with E-state index in [1.165, 1.54) is 36.5 Å². The van der Waals surface area contributed by atoms with Gasteiger partial charge in [-0.1, -0.05) is 30.3 Å². The Morgan fingerprint density at radius 3 is 2.57 bits per heavy atom. The van der Waals surface area contributed by atoms with Crippen LogP contribution in [0.4, 0.5) is 10.1 Å². The van der Waals surface area contributed by atoms with E-state index >= 15 is 0 Å². The van der Waals surface area contributed by atoms with E-state index in [9.17, 15) is 14.0 Å². The SMILES string of the molecule is COc1ccccc1CNC(=O)c1cc(C(=O)Nc2ccccc2F)ccn1. The van der Waals surface area contributed by atoms with Gasteiger partial charge in [0.05, 0.1) is 12.8 Å². The number of hydrogen-bond acceptors (Lipinski definition) is 4. The van der Waals surface area contributed by atoms with E-state index in [1.54, 1.807) is 19.2 Å². The second-order valence-corrected chi connectivity index (χ2v) is 5.86. The molecule has 2 aromatic carbocycles. The van der Waals surface area contributed by atoms with Gasteiger partial charge in [-0.25, -0.2) is 4.39 Å². The quantitative estimate of drug-likeness (QED) is 0.688. The number of pyridine rings is 1. The van der Waals surface area contributed by atoms with Gasteiger partial charge in [-0.2, -0.15) is 0 Å². The lowest BCUT2D eigenvalue weighted by Crippen LogP contribution is -2.24. The van der Waals surface area contributed by atoms with E-state index < -0.39 is 17.6 Å². The molecule has 0 atom stereocenters. The fourth-order valence-corrected chi connectivity index (χ4v) is 2.57. The molecule has 3 rings (SSSR count). The zero-order valence-corrected chi connectivity index (χ0v) is 15.1. The van der Waals surface area contributed by atoms with Crippen LogP contribution in [0.2, 0.25) is 0 Å². The molecule has 2 amide bonds. The van der Waals surface area contributed by atoms with Crippen LogP contribution in [0.15, 0.2) is 66.9 Å². The number of carbonyl (C=O) groups excluding carboxylic acids is 2. The summed E-state index contributed by atoms with van der Waals surface area (Å²) in [5.74, 6) is -0.855. The van der Waals surface area contributed by atoms with Crippen LogP contribution in [0.3, 0.4) is 0 Å². The van der Waals surface area contributed by atoms with E-state index in [2.05, 4.69) is 15.6 Å². The van der Waals surface area contributed by atoms with Gasteiger partial charge in [0.2, 0.25) is 0 Å². The van der Waals surface area contributed by atoms with E-state index in [1.807, 2.05) is 18.2 Å². The number of carbonyl (C=O) groups is 2. The molecule has 0 saturated carbocycles. The Morgan fingerprint density at radius 1 is 1.04 bits per heavy atom. The number of benzene rings is 2. The van der Waals surface area contributed by atoms with Crippen molar-refractivity contribution >= 4 is 17.5 Å². The first-order valence-corrected chi connectivity index (χ1v) is 8.50. The number of aromatic nitrogens is 1. The van der Waals surface area contributed by atoms with E-state index in [-0.39, 0.29) is 23.5 Å². The summed E-state index contributed by atoms with van der Waals surface area (Å²) >= 11 is 0. The van der Waals surface area contributed by atoms with Crippen molar-refractivity contribution in [2.75, 3.05) is 12.4 Å². The third kappa shape index (κ3) is 4.50. The van der Waals surface area contributed by atoms with Gasteiger partial charge < -0.3 is 15.4 Å². The van der Waals surface area contributed by atoms with E-state index in [0.717, 1.165) is 5.56 Å². The van der Waals surface area contributed by atoms with Gasteiger partial charge in [0, 0.05) is 23.9 Å². The number of nitrogens with one attached hydrogen (secondary N) is 2. The maximum absolute atomic E-state index is 13.7. The van der Waals surface area contributed by atoms with Crippen LogP contribution in [0.5, 0.6) is 5.75 Å². The van der Waals surface area contributed by atoms with Gasteiger partial charge in [-0.3, -0.25) is 14.6 Å². The second-order valence-electron chi connectivity index (χ2n) is 5.86. The monoisotopic (exact) mass is 379 g/mol. The lowest BCUT2D eigenvalue weighted by atomic mass is 10.2. The summed E-state index contributed by atoms with van der Waals surface area (Å²) < 4.78 is 18.9. The van der Waals surface area contributed by atoms with Crippen LogP contribution in [0, 0.1) is 5.82 Å². The number of rotatable bonds is 6. The molecule has 0 aliphatic heterocycles. The Morgan fingerprint density at radius 2 is 1.79 bits per heavy atom. The van der Waals surface area contributed by atoms with Crippen molar-refractivity contribution in [3.63, 3.8) is 0 Å². The fourth-order valence-electron chi connectivity index (χ4n) is 2.57. The molecule has 0 fully saturated rings. The van der Waals surface area contributed by atoms with Gasteiger partial charge in [-0.05, 0) is 30.3 Å². The van der Waals surface area contributed by atoms with Crippen molar-refractivity contribution in [3.8, 4) is 5.75 Å². The van der Waals surface area contributed by atoms with Crippen LogP contribution in [-0.2, 0) is 6.54 Å². The largest absolute Gasteiger partial charge is 0.496 e. The molecular weight excluding hydrogens is 361 g/mol. The Labute approximate surface area is 161 Å². The third-order valence-corrected chi connectivity index (χ3v) is 4.01. The molecule has 6 nitrogen and oxygen atoms in total. The van der Waals surface area contributed by atoms with Crippen LogP contribution < -0.4 is 15.4 Å². The number of para-hydroxylation sites is 2. The second kappa shape index (κ2) is 8.77. The van der Waals surface area contributed by atoms with Crippen molar-refractivity contribution in [2.24, 2.45) is 0 Å².